The lowest BCUT2D eigenvalue weighted by Gasteiger charge is -2.30. The van der Waals surface area contributed by atoms with Crippen LogP contribution in [0.1, 0.15) is 103 Å². The van der Waals surface area contributed by atoms with Gasteiger partial charge in [-0.2, -0.15) is 0 Å². The Bertz CT molecular complexity index is 2330. The van der Waals surface area contributed by atoms with Gasteiger partial charge in [-0.05, 0) is 61.4 Å². The van der Waals surface area contributed by atoms with Crippen LogP contribution in [0.15, 0.2) is 106 Å². The van der Waals surface area contributed by atoms with Crippen molar-refractivity contribution in [1.29, 1.82) is 0 Å². The molecule has 0 spiro atoms. The van der Waals surface area contributed by atoms with Crippen molar-refractivity contribution in [3.05, 3.63) is 116 Å². The third-order valence-electron chi connectivity index (χ3n) is 10.7. The zero-order valence-electron chi connectivity index (χ0n) is 34.0. The van der Waals surface area contributed by atoms with Gasteiger partial charge in [0.2, 0.25) is 11.8 Å². The number of anilines is 3. The van der Waals surface area contributed by atoms with Gasteiger partial charge in [0.15, 0.2) is 11.5 Å². The number of carbonyl (C=O) groups excluding carboxylic acids is 2. The van der Waals surface area contributed by atoms with Gasteiger partial charge < -0.3 is 4.90 Å². The van der Waals surface area contributed by atoms with Crippen LogP contribution in [0, 0.1) is 0 Å². The van der Waals surface area contributed by atoms with Crippen LogP contribution in [-0.4, -0.2) is 33.5 Å². The van der Waals surface area contributed by atoms with Crippen LogP contribution < -0.4 is 15.4 Å². The number of allylic oxidation sites excluding steroid dienone is 2. The van der Waals surface area contributed by atoms with E-state index in [2.05, 4.69) is 34.4 Å². The quantitative estimate of drug-likeness (QED) is 0.0246. The normalized spacial score (nSPS) is 13.8. The predicted octanol–water partition coefficient (Wildman–Crippen LogP) is 14.7. The predicted molar refractivity (Wildman–Crippen MR) is 249 cm³/mol. The first-order valence-electron chi connectivity index (χ1n) is 21.1. The van der Waals surface area contributed by atoms with Crippen molar-refractivity contribution >= 4 is 97.6 Å². The fourth-order valence-corrected chi connectivity index (χ4v) is 8.84. The zero-order valence-corrected chi connectivity index (χ0v) is 37.0. The first kappa shape index (κ1) is 45.1. The number of rotatable bonds is 22. The number of hydrogen-bond acceptors (Lipinski definition) is 6. The molecule has 9 nitrogen and oxygen atoms in total. The maximum atomic E-state index is 14.6. The molecule has 1 unspecified atom stereocenters. The molecule has 1 fully saturated rings. The number of aromatic nitrogens is 2. The van der Waals surface area contributed by atoms with Gasteiger partial charge in [0.25, 0.3) is 0 Å². The van der Waals surface area contributed by atoms with E-state index >= 15 is 0 Å². The Balaban J connectivity index is 1.31. The molecular formula is C47H52Cl4N6O3. The molecule has 0 aliphatic carbocycles. The summed E-state index contributed by atoms with van der Waals surface area (Å²) in [6.45, 7) is 2.42. The minimum absolute atomic E-state index is 0.0702. The molecule has 0 bridgehead atoms. The van der Waals surface area contributed by atoms with Gasteiger partial charge in [-0.3, -0.25) is 19.5 Å². The number of azo groups is 1. The molecule has 5 aromatic rings. The lowest BCUT2D eigenvalue weighted by molar-refractivity contribution is -0.121. The highest BCUT2D eigenvalue weighted by atomic mass is 35.5. The van der Waals surface area contributed by atoms with Crippen LogP contribution in [0.2, 0.25) is 15.1 Å². The summed E-state index contributed by atoms with van der Waals surface area (Å²) in [5, 5.41) is 14.3. The van der Waals surface area contributed by atoms with Crippen LogP contribution in [0.3, 0.4) is 0 Å². The Morgan fingerprint density at radius 1 is 0.750 bits per heavy atom. The van der Waals surface area contributed by atoms with E-state index in [9.17, 15) is 14.4 Å². The minimum atomic E-state index is -0.600. The van der Waals surface area contributed by atoms with Gasteiger partial charge in [0, 0.05) is 29.8 Å². The highest BCUT2D eigenvalue weighted by Crippen LogP contribution is 2.41. The first-order valence-corrected chi connectivity index (χ1v) is 22.7. The maximum absolute atomic E-state index is 14.6. The van der Waals surface area contributed by atoms with E-state index in [4.69, 9.17) is 46.4 Å². The van der Waals surface area contributed by atoms with Crippen molar-refractivity contribution in [3.8, 4) is 5.69 Å². The summed E-state index contributed by atoms with van der Waals surface area (Å²) in [6.07, 6.45) is 20.0. The average Bonchev–Trinajstić information content (AvgIpc) is 3.74. The molecular weight excluding hydrogens is 838 g/mol. The molecule has 1 aromatic heterocycles. The highest BCUT2D eigenvalue weighted by Gasteiger charge is 2.34. The standard InChI is InChI=1S/C47H52Cl4N6O3/c1-2-3-4-5-6-7-8-9-10-11-12-13-14-15-23-34(48)32-55(40-26-18-19-27-41(40)56-42(58)28-29-43(56)59)46-44(53-52-39-25-20-22-33-21-16-17-24-36(33)39)47(60)57(54-46)45-37(50)30-35(49)31-38(45)51/h13-14,16-22,24-27,30-31,34,54H,2-12,15,23,28-29,32H2,1H3/b14-13+,53-52?. The number of unbranched alkanes of at least 4 members (excludes halogenated alkanes) is 10. The van der Waals surface area contributed by atoms with Crippen molar-refractivity contribution in [2.75, 3.05) is 16.3 Å². The summed E-state index contributed by atoms with van der Waals surface area (Å²) >= 11 is 26.8. The maximum Gasteiger partial charge on any atom is 0.301 e. The number of halogens is 4. The largest absolute Gasteiger partial charge is 0.321 e. The van der Waals surface area contributed by atoms with E-state index in [1.54, 1.807) is 29.2 Å². The van der Waals surface area contributed by atoms with Crippen LogP contribution in [0.25, 0.3) is 16.5 Å². The Kier molecular flexibility index (Phi) is 16.9. The summed E-state index contributed by atoms with van der Waals surface area (Å²) in [4.78, 5) is 43.9. The van der Waals surface area contributed by atoms with E-state index in [1.165, 1.54) is 79.5 Å². The fraction of sp³-hybridized carbons (Fsp3) is 0.383. The molecule has 1 aliphatic rings. The average molecular weight is 891 g/mol. The SMILES string of the molecule is CCCCCCCCCCCC/C=C/CCC(Cl)CN(c1ccccc1N1C(=O)CCC1=O)c1[nH]n(-c2c(Cl)cc(Cl)cc2Cl)c(=O)c1N=Nc1cccc2ccccc12. The van der Waals surface area contributed by atoms with E-state index in [0.717, 1.165) is 30.0 Å². The number of para-hydroxylation sites is 2. The Morgan fingerprint density at radius 3 is 2.08 bits per heavy atom. The zero-order chi connectivity index (χ0) is 42.4. The van der Waals surface area contributed by atoms with Crippen molar-refractivity contribution in [3.63, 3.8) is 0 Å². The van der Waals surface area contributed by atoms with E-state index in [-0.39, 0.29) is 58.4 Å². The first-order chi connectivity index (χ1) is 29.2. The molecule has 6 rings (SSSR count). The van der Waals surface area contributed by atoms with E-state index < -0.39 is 10.9 Å². The number of alkyl halides is 1. The molecule has 0 radical (unpaired) electrons. The molecule has 1 N–H and O–H groups in total. The summed E-state index contributed by atoms with van der Waals surface area (Å²) in [7, 11) is 0. The number of H-pyrrole nitrogens is 1. The molecule has 2 amide bonds. The number of fused-ring (bicyclic) bond motifs is 1. The second-order valence-corrected chi connectivity index (χ2v) is 17.1. The van der Waals surface area contributed by atoms with Gasteiger partial charge >= 0.3 is 5.56 Å². The molecule has 4 aromatic carbocycles. The summed E-state index contributed by atoms with van der Waals surface area (Å²) in [5.41, 5.74) is 0.864. The Hall–Kier alpha value is -4.41. The summed E-state index contributed by atoms with van der Waals surface area (Å²) < 4.78 is 1.20. The Labute approximate surface area is 372 Å². The van der Waals surface area contributed by atoms with Crippen molar-refractivity contribution < 1.29 is 9.59 Å². The lowest BCUT2D eigenvalue weighted by Crippen LogP contribution is -2.32. The topological polar surface area (TPSA) is 103 Å². The fourth-order valence-electron chi connectivity index (χ4n) is 7.59. The summed E-state index contributed by atoms with van der Waals surface area (Å²) in [5.74, 6) is -0.423. The number of amides is 2. The number of carbonyl (C=O) groups is 2. The van der Waals surface area contributed by atoms with Gasteiger partial charge in [0.05, 0.1) is 32.5 Å². The molecule has 13 heteroatoms. The second kappa shape index (κ2) is 22.4. The van der Waals surface area contributed by atoms with Gasteiger partial charge in [-0.15, -0.1) is 21.8 Å². The minimum Gasteiger partial charge on any atom is -0.321 e. The number of hydrogen-bond donors (Lipinski definition) is 1. The third kappa shape index (κ3) is 11.5. The number of nitrogens with one attached hydrogen (secondary N) is 1. The van der Waals surface area contributed by atoms with Crippen molar-refractivity contribution in [2.45, 2.75) is 109 Å². The second-order valence-electron chi connectivity index (χ2n) is 15.2. The molecule has 2 heterocycles. The number of nitrogens with zero attached hydrogens (tertiary/aromatic N) is 5. The van der Waals surface area contributed by atoms with Crippen LogP contribution >= 0.6 is 46.4 Å². The molecule has 1 aliphatic heterocycles. The Morgan fingerprint density at radius 2 is 1.37 bits per heavy atom. The third-order valence-corrected chi connectivity index (χ3v) is 11.9. The van der Waals surface area contributed by atoms with Crippen LogP contribution in [-0.2, 0) is 9.59 Å². The van der Waals surface area contributed by atoms with Crippen LogP contribution in [0.4, 0.5) is 28.6 Å². The molecule has 316 valence electrons. The number of imide groups is 1. The van der Waals surface area contributed by atoms with Gasteiger partial charge in [-0.25, -0.2) is 9.58 Å². The molecule has 1 saturated heterocycles. The monoisotopic (exact) mass is 888 g/mol. The smallest absolute Gasteiger partial charge is 0.301 e. The lowest BCUT2D eigenvalue weighted by atomic mass is 10.1. The van der Waals surface area contributed by atoms with Crippen molar-refractivity contribution in [2.24, 2.45) is 10.2 Å². The molecule has 60 heavy (non-hydrogen) atoms. The van der Waals surface area contributed by atoms with Crippen LogP contribution in [0.5, 0.6) is 0 Å². The van der Waals surface area contributed by atoms with Gasteiger partial charge in [-0.1, -0.05) is 160 Å². The van der Waals surface area contributed by atoms with Gasteiger partial charge in [0.1, 0.15) is 5.69 Å². The van der Waals surface area contributed by atoms with E-state index in [0.29, 0.717) is 28.5 Å². The molecule has 1 atom stereocenters. The summed E-state index contributed by atoms with van der Waals surface area (Å²) in [6, 6.07) is 23.5. The number of benzene rings is 4. The van der Waals surface area contributed by atoms with E-state index in [1.807, 2.05) is 42.5 Å². The van der Waals surface area contributed by atoms with Crippen molar-refractivity contribution in [1.82, 2.24) is 9.78 Å². The molecule has 0 saturated carbocycles. The number of aromatic amines is 1. The highest BCUT2D eigenvalue weighted by molar-refractivity contribution is 6.40.